The number of hydrogen-bond acceptors (Lipinski definition) is 12. The zero-order chi connectivity index (χ0) is 54.4. The summed E-state index contributed by atoms with van der Waals surface area (Å²) in [5.74, 6) is 2.49. The average Bonchev–Trinajstić information content (AvgIpc) is 4.07. The third-order valence-corrected chi connectivity index (χ3v) is 13.6. The molecule has 4 atom stereocenters. The molecule has 4 amide bonds. The van der Waals surface area contributed by atoms with E-state index in [2.05, 4.69) is 52.5 Å². The van der Waals surface area contributed by atoms with Gasteiger partial charge in [-0.1, -0.05) is 44.7 Å². The molecule has 4 unspecified atom stereocenters. The first-order chi connectivity index (χ1) is 35.4. The van der Waals surface area contributed by atoms with Crippen LogP contribution in [0, 0.1) is 34.3 Å². The summed E-state index contributed by atoms with van der Waals surface area (Å²) >= 11 is 0. The Morgan fingerprint density at radius 1 is 0.853 bits per heavy atom. The van der Waals surface area contributed by atoms with Crippen LogP contribution in [0.25, 0.3) is 11.3 Å². The van der Waals surface area contributed by atoms with Crippen molar-refractivity contribution < 1.29 is 60.8 Å². The predicted molar refractivity (Wildman–Crippen MR) is 265 cm³/mol. The first-order valence-corrected chi connectivity index (χ1v) is 24.5. The van der Waals surface area contributed by atoms with E-state index in [9.17, 15) is 42.6 Å². The topological polar surface area (TPSA) is 216 Å². The number of carbonyl (C=O) groups is 4. The lowest BCUT2D eigenvalue weighted by Crippen LogP contribution is -2.63. The Morgan fingerprint density at radius 2 is 1.49 bits per heavy atom. The Labute approximate surface area is 431 Å². The number of alkyl halides is 3. The number of aliphatic hydroxyl groups is 1. The summed E-state index contributed by atoms with van der Waals surface area (Å²) in [7, 11) is 0.898. The van der Waals surface area contributed by atoms with Gasteiger partial charge in [-0.15, -0.1) is 0 Å². The van der Waals surface area contributed by atoms with E-state index in [-0.39, 0.29) is 18.0 Å². The SMILES string of the molecule is COC(=O)NC(C(=O)NC(Cc1ccc(C#Cc2ccc(N3CCN(C4COC4)CC3)nc2)cc1)C(O)CN(Cc1c(F)cc(-c2ccn(C3CC3)n2)cc1F)NC(=O)C(NC(=O)O)C(C)(C)C)C(C)(C)C(F)(F)F. The van der Waals surface area contributed by atoms with Crippen molar-refractivity contribution in [3.05, 3.63) is 101 Å². The summed E-state index contributed by atoms with van der Waals surface area (Å²) in [5.41, 5.74) is -0.0501. The number of nitrogens with zero attached hydrogens (tertiary/aromatic N) is 6. The van der Waals surface area contributed by atoms with Crippen LogP contribution in [0.5, 0.6) is 0 Å². The number of rotatable bonds is 18. The number of benzene rings is 2. The number of amides is 4. The number of piperazine rings is 1. The van der Waals surface area contributed by atoms with Crippen LogP contribution in [0.4, 0.5) is 37.4 Å². The van der Waals surface area contributed by atoms with Gasteiger partial charge < -0.3 is 40.5 Å². The highest BCUT2D eigenvalue weighted by molar-refractivity contribution is 5.87. The number of nitrogens with one attached hydrogen (secondary N) is 4. The number of alkyl carbamates (subject to hydrolysis) is 1. The number of aliphatic hydroxyl groups excluding tert-OH is 1. The van der Waals surface area contributed by atoms with Crippen molar-refractivity contribution in [1.29, 1.82) is 0 Å². The van der Waals surface area contributed by atoms with Crippen LogP contribution in [0.15, 0.2) is 67.0 Å². The van der Waals surface area contributed by atoms with Gasteiger partial charge in [0.15, 0.2) is 0 Å². The average molecular weight is 1050 g/mol. The molecular weight excluding hydrogens is 988 g/mol. The van der Waals surface area contributed by atoms with E-state index in [1.165, 1.54) is 0 Å². The highest BCUT2D eigenvalue weighted by atomic mass is 19.4. The summed E-state index contributed by atoms with van der Waals surface area (Å²) in [4.78, 5) is 61.5. The van der Waals surface area contributed by atoms with Gasteiger partial charge in [0.25, 0.3) is 5.91 Å². The molecular formula is C52H63F5N10O8. The number of hydrazine groups is 1. The smallest absolute Gasteiger partial charge is 0.407 e. The van der Waals surface area contributed by atoms with Gasteiger partial charge in [0.05, 0.1) is 55.7 Å². The van der Waals surface area contributed by atoms with Crippen LogP contribution in [0.2, 0.25) is 0 Å². The number of halogens is 5. The molecule has 0 radical (unpaired) electrons. The maximum Gasteiger partial charge on any atom is 0.407 e. The van der Waals surface area contributed by atoms with Gasteiger partial charge in [0.1, 0.15) is 29.5 Å². The van der Waals surface area contributed by atoms with Gasteiger partial charge in [-0.05, 0) is 86.6 Å². The van der Waals surface area contributed by atoms with Gasteiger partial charge in [0.2, 0.25) is 5.91 Å². The lowest BCUT2D eigenvalue weighted by Gasteiger charge is -2.42. The first kappa shape index (κ1) is 55.9. The van der Waals surface area contributed by atoms with E-state index in [4.69, 9.17) is 4.74 Å². The van der Waals surface area contributed by atoms with Crippen molar-refractivity contribution >= 4 is 29.8 Å². The fourth-order valence-corrected chi connectivity index (χ4v) is 8.63. The lowest BCUT2D eigenvalue weighted by molar-refractivity contribution is -0.220. The highest BCUT2D eigenvalue weighted by Gasteiger charge is 2.56. The largest absolute Gasteiger partial charge is 0.465 e. The lowest BCUT2D eigenvalue weighted by atomic mass is 9.82. The van der Waals surface area contributed by atoms with Crippen molar-refractivity contribution in [2.75, 3.05) is 57.9 Å². The molecule has 2 aromatic carbocycles. The second-order valence-electron chi connectivity index (χ2n) is 20.7. The van der Waals surface area contributed by atoms with E-state index in [0.29, 0.717) is 42.3 Å². The number of ether oxygens (including phenoxy) is 2. The quantitative estimate of drug-likeness (QED) is 0.0419. The van der Waals surface area contributed by atoms with Gasteiger partial charge >= 0.3 is 18.4 Å². The van der Waals surface area contributed by atoms with Crippen LogP contribution in [0.1, 0.15) is 75.8 Å². The van der Waals surface area contributed by atoms with Crippen LogP contribution < -0.4 is 26.3 Å². The van der Waals surface area contributed by atoms with E-state index in [1.807, 2.05) is 17.4 Å². The first-order valence-electron chi connectivity index (χ1n) is 24.5. The Kier molecular flexibility index (Phi) is 17.4. The van der Waals surface area contributed by atoms with E-state index >= 15 is 8.78 Å². The monoisotopic (exact) mass is 1050 g/mol. The van der Waals surface area contributed by atoms with Gasteiger partial charge in [0, 0.05) is 73.9 Å². The van der Waals surface area contributed by atoms with Crippen LogP contribution in [-0.2, 0) is 32.0 Å². The van der Waals surface area contributed by atoms with E-state index in [0.717, 1.165) is 82.3 Å². The summed E-state index contributed by atoms with van der Waals surface area (Å²) in [6.07, 6.45) is -4.91. The molecule has 75 heavy (non-hydrogen) atoms. The van der Waals surface area contributed by atoms with E-state index in [1.54, 1.807) is 68.2 Å². The molecule has 2 saturated heterocycles. The maximum atomic E-state index is 16.1. The molecule has 23 heteroatoms. The molecule has 7 rings (SSSR count). The summed E-state index contributed by atoms with van der Waals surface area (Å²) in [5, 5.41) is 33.6. The number of hydrogen-bond donors (Lipinski definition) is 6. The minimum absolute atomic E-state index is 0.116. The van der Waals surface area contributed by atoms with Crippen LogP contribution in [-0.4, -0.2) is 148 Å². The van der Waals surface area contributed by atoms with Crippen molar-refractivity contribution in [2.45, 2.75) is 103 Å². The molecule has 404 valence electrons. The molecule has 4 aromatic rings. The van der Waals surface area contributed by atoms with Crippen molar-refractivity contribution in [1.82, 2.24) is 46.0 Å². The highest BCUT2D eigenvalue weighted by Crippen LogP contribution is 2.41. The second-order valence-corrected chi connectivity index (χ2v) is 20.7. The zero-order valence-electron chi connectivity index (χ0n) is 42.5. The fourth-order valence-electron chi connectivity index (χ4n) is 8.63. The molecule has 3 fully saturated rings. The van der Waals surface area contributed by atoms with E-state index < -0.39 is 95.5 Å². The van der Waals surface area contributed by atoms with Crippen molar-refractivity contribution in [3.63, 3.8) is 0 Å². The minimum atomic E-state index is -5.06. The summed E-state index contributed by atoms with van der Waals surface area (Å²) in [6.45, 7) is 9.55. The number of pyridine rings is 1. The van der Waals surface area contributed by atoms with Crippen molar-refractivity contribution in [3.8, 4) is 23.1 Å². The van der Waals surface area contributed by atoms with Crippen LogP contribution >= 0.6 is 0 Å². The molecule has 6 N–H and O–H groups in total. The van der Waals surface area contributed by atoms with Crippen molar-refractivity contribution in [2.24, 2.45) is 10.8 Å². The number of carboxylic acid groups (broad SMARTS) is 1. The standard InChI is InChI=1S/C52H63F5N10O8/c1-50(2,3)44(60-48(71)72)47(70)63-66(27-37-38(53)24-34(25-39(37)54)40-17-18-67(62-40)35-14-15-35)28-42(68)41(59-46(69)45(61-49(73)74-6)51(4,5)52(55,56)57)23-32-10-7-31(8-11-32)9-12-33-13-16-43(58-26-33)65-21-19-64(20-22-65)36-29-75-30-36/h7-8,10-11,13,16-18,24-26,35-36,41-42,44-45,60,68H,14-15,19-23,27-30H2,1-6H3,(H,59,69)(H,61,73)(H,63,70)(H,71,72). The molecule has 1 saturated carbocycles. The minimum Gasteiger partial charge on any atom is -0.465 e. The molecule has 4 heterocycles. The second kappa shape index (κ2) is 23.3. The van der Waals surface area contributed by atoms with Gasteiger partial charge in [-0.2, -0.15) is 18.3 Å². The normalized spacial score (nSPS) is 17.2. The Bertz CT molecular complexity index is 2700. The third-order valence-electron chi connectivity index (χ3n) is 13.6. The zero-order valence-corrected chi connectivity index (χ0v) is 42.5. The molecule has 0 bridgehead atoms. The summed E-state index contributed by atoms with van der Waals surface area (Å²) in [6, 6.07) is 9.37. The Balaban J connectivity index is 1.15. The molecule has 0 spiro atoms. The molecule has 2 aromatic heterocycles. The number of methoxy groups -OCH3 is 1. The van der Waals surface area contributed by atoms with Gasteiger partial charge in [-0.3, -0.25) is 24.6 Å². The molecule has 3 aliphatic rings. The molecule has 1 aliphatic carbocycles. The predicted octanol–water partition coefficient (Wildman–Crippen LogP) is 5.40. The number of carbonyl (C=O) groups excluding carboxylic acids is 3. The summed E-state index contributed by atoms with van der Waals surface area (Å²) < 4.78 is 87.4. The third kappa shape index (κ3) is 14.3. The fraction of sp³-hybridized carbons (Fsp3) is 0.500. The van der Waals surface area contributed by atoms with Crippen LogP contribution in [0.3, 0.4) is 0 Å². The Hall–Kier alpha value is -6.87. The molecule has 2 aliphatic heterocycles. The number of anilines is 1. The Morgan fingerprint density at radius 3 is 2.04 bits per heavy atom. The number of aromatic nitrogens is 3. The van der Waals surface area contributed by atoms with Gasteiger partial charge in [-0.25, -0.2) is 28.4 Å². The molecule has 18 nitrogen and oxygen atoms in total. The maximum absolute atomic E-state index is 16.1.